The molecular formula is C20H28FN3O3. The second-order valence-corrected chi connectivity index (χ2v) is 7.45. The first-order chi connectivity index (χ1) is 13.0. The van der Waals surface area contributed by atoms with Crippen LogP contribution in [-0.2, 0) is 16.1 Å². The number of rotatable bonds is 7. The van der Waals surface area contributed by atoms with Crippen LogP contribution in [0.3, 0.4) is 0 Å². The van der Waals surface area contributed by atoms with Gasteiger partial charge in [0.15, 0.2) is 0 Å². The lowest BCUT2D eigenvalue weighted by atomic mass is 9.92. The van der Waals surface area contributed by atoms with E-state index in [0.717, 1.165) is 44.3 Å². The number of benzene rings is 1. The third-order valence-corrected chi connectivity index (χ3v) is 5.30. The summed E-state index contributed by atoms with van der Waals surface area (Å²) in [6, 6.07) is 6.18. The Labute approximate surface area is 159 Å². The highest BCUT2D eigenvalue weighted by molar-refractivity contribution is 5.83. The van der Waals surface area contributed by atoms with Gasteiger partial charge in [-0.3, -0.25) is 9.69 Å². The Morgan fingerprint density at radius 2 is 2.00 bits per heavy atom. The molecule has 0 atom stereocenters. The number of amides is 2. The molecule has 6 nitrogen and oxygen atoms in total. The summed E-state index contributed by atoms with van der Waals surface area (Å²) in [6.07, 6.45) is 3.00. The summed E-state index contributed by atoms with van der Waals surface area (Å²) in [5.74, 6) is -0.395. The maximum atomic E-state index is 13.1. The number of carbonyl (C=O) groups excluding carboxylic acids is 2. The maximum Gasteiger partial charge on any atom is 0.410 e. The Balaban J connectivity index is 1.63. The van der Waals surface area contributed by atoms with Gasteiger partial charge < -0.3 is 15.0 Å². The minimum Gasteiger partial charge on any atom is -0.441 e. The number of halogens is 1. The number of piperidine rings is 1. The molecule has 1 spiro atoms. The van der Waals surface area contributed by atoms with Gasteiger partial charge in [0.1, 0.15) is 18.0 Å². The first-order valence-corrected chi connectivity index (χ1v) is 9.72. The van der Waals surface area contributed by atoms with E-state index >= 15 is 0 Å². The molecule has 2 saturated heterocycles. The van der Waals surface area contributed by atoms with Crippen LogP contribution in [0.1, 0.15) is 38.2 Å². The molecule has 2 aliphatic rings. The molecule has 0 saturated carbocycles. The van der Waals surface area contributed by atoms with Crippen molar-refractivity contribution in [2.75, 3.05) is 32.7 Å². The van der Waals surface area contributed by atoms with Gasteiger partial charge in [-0.2, -0.15) is 0 Å². The molecule has 1 N–H and O–H groups in total. The van der Waals surface area contributed by atoms with Crippen molar-refractivity contribution in [3.63, 3.8) is 0 Å². The molecule has 27 heavy (non-hydrogen) atoms. The molecule has 2 amide bonds. The summed E-state index contributed by atoms with van der Waals surface area (Å²) in [6.45, 7) is 5.24. The van der Waals surface area contributed by atoms with E-state index in [1.54, 1.807) is 17.0 Å². The average Bonchev–Trinajstić information content (AvgIpc) is 2.95. The number of unbranched alkanes of at least 4 members (excludes halogenated alkanes) is 1. The van der Waals surface area contributed by atoms with Gasteiger partial charge in [-0.25, -0.2) is 9.18 Å². The van der Waals surface area contributed by atoms with E-state index in [9.17, 15) is 14.0 Å². The third kappa shape index (κ3) is 4.97. The van der Waals surface area contributed by atoms with Gasteiger partial charge in [0.05, 0.1) is 6.54 Å². The van der Waals surface area contributed by atoms with Crippen LogP contribution < -0.4 is 5.32 Å². The van der Waals surface area contributed by atoms with Gasteiger partial charge in [-0.1, -0.05) is 25.5 Å². The molecule has 148 valence electrons. The van der Waals surface area contributed by atoms with Crippen LogP contribution in [0, 0.1) is 5.82 Å². The highest BCUT2D eigenvalue weighted by Gasteiger charge is 2.46. The van der Waals surface area contributed by atoms with Crippen LogP contribution in [0.25, 0.3) is 0 Å². The number of carbonyl (C=O) groups is 2. The fourth-order valence-electron chi connectivity index (χ4n) is 3.67. The van der Waals surface area contributed by atoms with Crippen molar-refractivity contribution in [2.24, 2.45) is 0 Å². The zero-order chi connectivity index (χ0) is 19.3. The first-order valence-electron chi connectivity index (χ1n) is 9.72. The summed E-state index contributed by atoms with van der Waals surface area (Å²) in [4.78, 5) is 28.4. The van der Waals surface area contributed by atoms with Crippen LogP contribution >= 0.6 is 0 Å². The quantitative estimate of drug-likeness (QED) is 0.793. The van der Waals surface area contributed by atoms with E-state index in [-0.39, 0.29) is 18.3 Å². The molecule has 1 aromatic rings. The first kappa shape index (κ1) is 19.6. The van der Waals surface area contributed by atoms with Gasteiger partial charge >= 0.3 is 6.09 Å². The van der Waals surface area contributed by atoms with Gasteiger partial charge in [0.2, 0.25) is 5.91 Å². The van der Waals surface area contributed by atoms with Crippen molar-refractivity contribution in [1.82, 2.24) is 15.1 Å². The van der Waals surface area contributed by atoms with Crippen molar-refractivity contribution in [2.45, 2.75) is 44.8 Å². The Kier molecular flexibility index (Phi) is 6.31. The van der Waals surface area contributed by atoms with Gasteiger partial charge in [0.25, 0.3) is 0 Å². The van der Waals surface area contributed by atoms with E-state index in [4.69, 9.17) is 4.74 Å². The Bertz CT molecular complexity index is 659. The standard InChI is InChI=1S/C20H28FN3O3/c1-2-3-12-23(13-16-4-6-17(21)7-5-16)18(25)14-24-15-20(27-19(24)26)8-10-22-11-9-20/h4-7,22H,2-3,8-15H2,1H3. The number of ether oxygens (including phenoxy) is 1. The molecule has 2 heterocycles. The van der Waals surface area contributed by atoms with Crippen LogP contribution in [0.5, 0.6) is 0 Å². The monoisotopic (exact) mass is 377 g/mol. The fraction of sp³-hybridized carbons (Fsp3) is 0.600. The molecule has 0 bridgehead atoms. The van der Waals surface area contributed by atoms with E-state index < -0.39 is 11.7 Å². The highest BCUT2D eigenvalue weighted by atomic mass is 19.1. The number of nitrogens with one attached hydrogen (secondary N) is 1. The minimum absolute atomic E-state index is 0.0267. The van der Waals surface area contributed by atoms with Gasteiger partial charge in [0, 0.05) is 25.9 Å². The molecule has 0 aromatic heterocycles. The molecule has 3 rings (SSSR count). The second-order valence-electron chi connectivity index (χ2n) is 7.45. The zero-order valence-electron chi connectivity index (χ0n) is 15.9. The van der Waals surface area contributed by atoms with Gasteiger partial charge in [-0.15, -0.1) is 0 Å². The lowest BCUT2D eigenvalue weighted by Gasteiger charge is -2.31. The van der Waals surface area contributed by atoms with E-state index in [1.807, 2.05) is 0 Å². The van der Waals surface area contributed by atoms with Crippen LogP contribution in [0.4, 0.5) is 9.18 Å². The van der Waals surface area contributed by atoms with E-state index in [2.05, 4.69) is 12.2 Å². The third-order valence-electron chi connectivity index (χ3n) is 5.30. The summed E-state index contributed by atoms with van der Waals surface area (Å²) < 4.78 is 18.8. The van der Waals surface area contributed by atoms with Crippen molar-refractivity contribution in [3.05, 3.63) is 35.6 Å². The molecule has 2 aliphatic heterocycles. The fourth-order valence-corrected chi connectivity index (χ4v) is 3.67. The number of nitrogens with zero attached hydrogens (tertiary/aromatic N) is 2. The predicted molar refractivity (Wildman–Crippen MR) is 99.6 cm³/mol. The lowest BCUT2D eigenvalue weighted by Crippen LogP contribution is -2.46. The van der Waals surface area contributed by atoms with Crippen LogP contribution in [0.15, 0.2) is 24.3 Å². The number of hydrogen-bond donors (Lipinski definition) is 1. The van der Waals surface area contributed by atoms with Crippen molar-refractivity contribution < 1.29 is 18.7 Å². The largest absolute Gasteiger partial charge is 0.441 e. The summed E-state index contributed by atoms with van der Waals surface area (Å²) in [7, 11) is 0. The number of hydrogen-bond acceptors (Lipinski definition) is 4. The van der Waals surface area contributed by atoms with Crippen LogP contribution in [-0.4, -0.2) is 60.1 Å². The SMILES string of the molecule is CCCCN(Cc1ccc(F)cc1)C(=O)CN1CC2(CCNCC2)OC1=O. The Hall–Kier alpha value is -2.15. The van der Waals surface area contributed by atoms with E-state index in [1.165, 1.54) is 17.0 Å². The maximum absolute atomic E-state index is 13.1. The summed E-state index contributed by atoms with van der Waals surface area (Å²) in [5.41, 5.74) is 0.424. The van der Waals surface area contributed by atoms with Crippen molar-refractivity contribution in [1.29, 1.82) is 0 Å². The van der Waals surface area contributed by atoms with Crippen molar-refractivity contribution >= 4 is 12.0 Å². The Morgan fingerprint density at radius 3 is 2.67 bits per heavy atom. The van der Waals surface area contributed by atoms with E-state index in [0.29, 0.717) is 19.6 Å². The molecule has 1 aromatic carbocycles. The Morgan fingerprint density at radius 1 is 1.30 bits per heavy atom. The normalized spacial score (nSPS) is 18.6. The van der Waals surface area contributed by atoms with Gasteiger partial charge in [-0.05, 0) is 37.2 Å². The molecule has 0 aliphatic carbocycles. The van der Waals surface area contributed by atoms with Crippen LogP contribution in [0.2, 0.25) is 0 Å². The summed E-state index contributed by atoms with van der Waals surface area (Å²) in [5, 5.41) is 3.27. The molecule has 2 fully saturated rings. The lowest BCUT2D eigenvalue weighted by molar-refractivity contribution is -0.132. The topological polar surface area (TPSA) is 61.9 Å². The highest BCUT2D eigenvalue weighted by Crippen LogP contribution is 2.31. The molecule has 0 radical (unpaired) electrons. The molecular weight excluding hydrogens is 349 g/mol. The average molecular weight is 377 g/mol. The van der Waals surface area contributed by atoms with Crippen molar-refractivity contribution in [3.8, 4) is 0 Å². The smallest absolute Gasteiger partial charge is 0.410 e. The minimum atomic E-state index is -0.451. The predicted octanol–water partition coefficient (Wildman–Crippen LogP) is 2.53. The molecule has 0 unspecified atom stereocenters. The summed E-state index contributed by atoms with van der Waals surface area (Å²) >= 11 is 0. The molecule has 7 heteroatoms. The zero-order valence-corrected chi connectivity index (χ0v) is 15.9. The second kappa shape index (κ2) is 8.69.